The largest absolute Gasteiger partial charge is 0.350 e. The van der Waals surface area contributed by atoms with Gasteiger partial charge < -0.3 is 5.32 Å². The Morgan fingerprint density at radius 3 is 2.40 bits per heavy atom. The van der Waals surface area contributed by atoms with E-state index >= 15 is 0 Å². The van der Waals surface area contributed by atoms with Crippen LogP contribution in [0.5, 0.6) is 0 Å². The number of pyridine rings is 1. The third-order valence-corrected chi connectivity index (χ3v) is 3.22. The quantitative estimate of drug-likeness (QED) is 0.846. The SMILES string of the molecule is CC(C)CC(C)NC(=O)c1cc(Cl)nc(C(C)(C)C)c1. The Bertz CT molecular complexity index is 478. The molecule has 1 rings (SSSR count). The monoisotopic (exact) mass is 296 g/mol. The summed E-state index contributed by atoms with van der Waals surface area (Å²) in [6.07, 6.45) is 0.955. The number of amides is 1. The highest BCUT2D eigenvalue weighted by molar-refractivity contribution is 6.29. The lowest BCUT2D eigenvalue weighted by Crippen LogP contribution is -2.33. The average molecular weight is 297 g/mol. The van der Waals surface area contributed by atoms with Crippen molar-refractivity contribution >= 4 is 17.5 Å². The second kappa shape index (κ2) is 6.57. The number of carbonyl (C=O) groups excluding carboxylic acids is 1. The van der Waals surface area contributed by atoms with Gasteiger partial charge in [0, 0.05) is 22.7 Å². The fourth-order valence-electron chi connectivity index (χ4n) is 2.09. The molecule has 1 heterocycles. The first kappa shape index (κ1) is 17.0. The van der Waals surface area contributed by atoms with Gasteiger partial charge >= 0.3 is 0 Å². The first-order chi connectivity index (χ1) is 9.09. The summed E-state index contributed by atoms with van der Waals surface area (Å²) in [7, 11) is 0. The molecule has 1 atom stereocenters. The van der Waals surface area contributed by atoms with E-state index in [-0.39, 0.29) is 17.4 Å². The second-order valence-electron chi connectivity index (χ2n) is 6.82. The topological polar surface area (TPSA) is 42.0 Å². The van der Waals surface area contributed by atoms with Crippen LogP contribution in [0.4, 0.5) is 0 Å². The van der Waals surface area contributed by atoms with Crippen molar-refractivity contribution in [1.82, 2.24) is 10.3 Å². The van der Waals surface area contributed by atoms with Crippen LogP contribution >= 0.6 is 11.6 Å². The molecular weight excluding hydrogens is 272 g/mol. The fraction of sp³-hybridized carbons (Fsp3) is 0.625. The van der Waals surface area contributed by atoms with Crippen LogP contribution in [0.1, 0.15) is 64.0 Å². The second-order valence-corrected chi connectivity index (χ2v) is 7.21. The molecule has 0 aromatic carbocycles. The Kier molecular flexibility index (Phi) is 5.58. The smallest absolute Gasteiger partial charge is 0.251 e. The van der Waals surface area contributed by atoms with Crippen molar-refractivity contribution in [3.05, 3.63) is 28.5 Å². The van der Waals surface area contributed by atoms with E-state index in [1.807, 2.05) is 13.0 Å². The minimum atomic E-state index is -0.135. The molecule has 20 heavy (non-hydrogen) atoms. The maximum atomic E-state index is 12.3. The molecule has 0 saturated heterocycles. The number of aromatic nitrogens is 1. The summed E-state index contributed by atoms with van der Waals surface area (Å²) in [5, 5.41) is 3.37. The highest BCUT2D eigenvalue weighted by Gasteiger charge is 2.19. The molecule has 4 heteroatoms. The lowest BCUT2D eigenvalue weighted by Gasteiger charge is -2.20. The van der Waals surface area contributed by atoms with Gasteiger partial charge in [0.2, 0.25) is 0 Å². The fourth-order valence-corrected chi connectivity index (χ4v) is 2.29. The molecule has 0 saturated carbocycles. The van der Waals surface area contributed by atoms with Crippen LogP contribution in [-0.4, -0.2) is 16.9 Å². The molecule has 0 aliphatic rings. The van der Waals surface area contributed by atoms with Gasteiger partial charge in [0.1, 0.15) is 5.15 Å². The predicted molar refractivity (Wildman–Crippen MR) is 84.3 cm³/mol. The van der Waals surface area contributed by atoms with Crippen LogP contribution in [0.15, 0.2) is 12.1 Å². The maximum absolute atomic E-state index is 12.3. The Labute approximate surface area is 127 Å². The van der Waals surface area contributed by atoms with E-state index in [0.29, 0.717) is 16.6 Å². The van der Waals surface area contributed by atoms with Crippen molar-refractivity contribution in [2.24, 2.45) is 5.92 Å². The van der Waals surface area contributed by atoms with E-state index in [9.17, 15) is 4.79 Å². The van der Waals surface area contributed by atoms with Gasteiger partial charge in [0.05, 0.1) is 0 Å². The van der Waals surface area contributed by atoms with Gasteiger partial charge in [-0.1, -0.05) is 46.2 Å². The van der Waals surface area contributed by atoms with Gasteiger partial charge in [-0.3, -0.25) is 4.79 Å². The summed E-state index contributed by atoms with van der Waals surface area (Å²) in [4.78, 5) is 16.6. The summed E-state index contributed by atoms with van der Waals surface area (Å²) in [6.45, 7) is 12.5. The summed E-state index contributed by atoms with van der Waals surface area (Å²) in [5.41, 5.74) is 1.26. The standard InChI is InChI=1S/C16H25ClN2O/c1-10(2)7-11(3)18-15(20)12-8-13(16(4,5)6)19-14(17)9-12/h8-11H,7H2,1-6H3,(H,18,20). The van der Waals surface area contributed by atoms with E-state index < -0.39 is 0 Å². The Hall–Kier alpha value is -1.09. The lowest BCUT2D eigenvalue weighted by molar-refractivity contribution is 0.0936. The molecule has 1 unspecified atom stereocenters. The first-order valence-electron chi connectivity index (χ1n) is 7.08. The zero-order chi connectivity index (χ0) is 15.5. The number of nitrogens with zero attached hydrogens (tertiary/aromatic N) is 1. The average Bonchev–Trinajstić information content (AvgIpc) is 2.25. The van der Waals surface area contributed by atoms with E-state index in [1.165, 1.54) is 0 Å². The summed E-state index contributed by atoms with van der Waals surface area (Å²) >= 11 is 6.03. The molecule has 1 aromatic heterocycles. The molecule has 3 nitrogen and oxygen atoms in total. The van der Waals surface area contributed by atoms with Crippen molar-refractivity contribution in [3.63, 3.8) is 0 Å². The molecule has 0 aliphatic heterocycles. The van der Waals surface area contributed by atoms with Crippen LogP contribution in [-0.2, 0) is 5.41 Å². The van der Waals surface area contributed by atoms with Gasteiger partial charge in [-0.05, 0) is 31.4 Å². The summed E-state index contributed by atoms with van der Waals surface area (Å²) in [5.74, 6) is 0.462. The van der Waals surface area contributed by atoms with E-state index in [4.69, 9.17) is 11.6 Å². The number of nitrogens with one attached hydrogen (secondary N) is 1. The Morgan fingerprint density at radius 1 is 1.30 bits per heavy atom. The molecule has 1 N–H and O–H groups in total. The molecular formula is C16H25ClN2O. The van der Waals surface area contributed by atoms with Crippen molar-refractivity contribution in [2.75, 3.05) is 0 Å². The number of rotatable bonds is 4. The summed E-state index contributed by atoms with van der Waals surface area (Å²) in [6, 6.07) is 3.59. The van der Waals surface area contributed by atoms with Crippen molar-refractivity contribution < 1.29 is 4.79 Å². The molecule has 1 aromatic rings. The summed E-state index contributed by atoms with van der Waals surface area (Å²) < 4.78 is 0. The number of hydrogen-bond donors (Lipinski definition) is 1. The van der Waals surface area contributed by atoms with Gasteiger partial charge in [-0.25, -0.2) is 4.98 Å². The normalized spacial score (nSPS) is 13.4. The van der Waals surface area contributed by atoms with Crippen molar-refractivity contribution in [1.29, 1.82) is 0 Å². The molecule has 112 valence electrons. The number of halogens is 1. The highest BCUT2D eigenvalue weighted by Crippen LogP contribution is 2.23. The molecule has 0 spiro atoms. The van der Waals surface area contributed by atoms with Crippen LogP contribution in [0.2, 0.25) is 5.15 Å². The van der Waals surface area contributed by atoms with Gasteiger partial charge in [0.25, 0.3) is 5.91 Å². The molecule has 1 amide bonds. The van der Waals surface area contributed by atoms with E-state index in [1.54, 1.807) is 6.07 Å². The van der Waals surface area contributed by atoms with Gasteiger partial charge in [-0.15, -0.1) is 0 Å². The predicted octanol–water partition coefficient (Wildman–Crippen LogP) is 4.20. The van der Waals surface area contributed by atoms with E-state index in [2.05, 4.69) is 44.9 Å². The highest BCUT2D eigenvalue weighted by atomic mass is 35.5. The van der Waals surface area contributed by atoms with Crippen molar-refractivity contribution in [3.8, 4) is 0 Å². The minimum absolute atomic E-state index is 0.0899. The lowest BCUT2D eigenvalue weighted by atomic mass is 9.91. The molecule has 0 radical (unpaired) electrons. The van der Waals surface area contributed by atoms with Crippen LogP contribution < -0.4 is 5.32 Å². The van der Waals surface area contributed by atoms with Crippen molar-refractivity contribution in [2.45, 2.75) is 59.4 Å². The van der Waals surface area contributed by atoms with Crippen LogP contribution in [0.3, 0.4) is 0 Å². The van der Waals surface area contributed by atoms with Gasteiger partial charge in [0.15, 0.2) is 0 Å². The zero-order valence-corrected chi connectivity index (χ0v) is 14.0. The zero-order valence-electron chi connectivity index (χ0n) is 13.2. The van der Waals surface area contributed by atoms with E-state index in [0.717, 1.165) is 12.1 Å². The minimum Gasteiger partial charge on any atom is -0.350 e. The van der Waals surface area contributed by atoms with Gasteiger partial charge in [-0.2, -0.15) is 0 Å². The molecule has 0 aliphatic carbocycles. The Morgan fingerprint density at radius 2 is 1.90 bits per heavy atom. The Balaban J connectivity index is 2.91. The van der Waals surface area contributed by atoms with Crippen LogP contribution in [0, 0.1) is 5.92 Å². The third kappa shape index (κ3) is 5.12. The number of carbonyl (C=O) groups is 1. The van der Waals surface area contributed by atoms with Crippen LogP contribution in [0.25, 0.3) is 0 Å². The molecule has 0 fully saturated rings. The molecule has 0 bridgehead atoms. The third-order valence-electron chi connectivity index (χ3n) is 3.03. The number of hydrogen-bond acceptors (Lipinski definition) is 2. The first-order valence-corrected chi connectivity index (χ1v) is 7.46. The maximum Gasteiger partial charge on any atom is 0.251 e.